The van der Waals surface area contributed by atoms with Crippen molar-refractivity contribution in [2.24, 2.45) is 0 Å². The maximum Gasteiger partial charge on any atom is 0.349 e. The van der Waals surface area contributed by atoms with Gasteiger partial charge in [0, 0.05) is 49.1 Å². The fourth-order valence-corrected chi connectivity index (χ4v) is 7.04. The Kier molecular flexibility index (Phi) is 21.1. The first kappa shape index (κ1) is 46.1. The van der Waals surface area contributed by atoms with Crippen LogP contribution in [-0.4, -0.2) is 142 Å². The number of ketones is 1. The number of hydrogen-bond acceptors (Lipinski definition) is 14. The van der Waals surface area contributed by atoms with Gasteiger partial charge in [-0.1, -0.05) is 12.1 Å². The second kappa shape index (κ2) is 27.0. The number of carbonyl (C=O) groups is 2. The largest absolute Gasteiger partial charge is 0.508 e. The number of ether oxygens (including phenoxy) is 8. The number of rotatable bonds is 32. The monoisotopic (exact) mass is 826 g/mol. The van der Waals surface area contributed by atoms with Crippen LogP contribution < -0.4 is 15.8 Å². The molecule has 0 aliphatic carbocycles. The molecule has 0 fully saturated rings. The van der Waals surface area contributed by atoms with E-state index in [2.05, 4.69) is 16.3 Å². The van der Waals surface area contributed by atoms with Gasteiger partial charge in [0.2, 0.25) is 0 Å². The molecule has 0 atom stereocenters. The number of aryl methyl sites for hydroxylation is 3. The highest BCUT2D eigenvalue weighted by Gasteiger charge is 2.27. The summed E-state index contributed by atoms with van der Waals surface area (Å²) in [4.78, 5) is 40.0. The van der Waals surface area contributed by atoms with Crippen LogP contribution in [0.5, 0.6) is 5.75 Å². The number of amides is 1. The number of phenolic OH excluding ortho intramolecular Hbond substituents is 1. The first-order valence-corrected chi connectivity index (χ1v) is 21.1. The fourth-order valence-electron chi connectivity index (χ4n) is 7.04. The summed E-state index contributed by atoms with van der Waals surface area (Å²) in [5.41, 5.74) is 4.70. The standard InChI is InChI=1S/C44H62N2O13/c47-37(6-1-4-34-8-10-38(48)11-9-34)12-16-51-18-20-53-22-24-55-26-28-57-30-31-58-29-27-56-25-23-54-21-19-52-17-13-45-43(49)40-33-36-32-35-5-2-14-46-15-3-7-39(41(35)46)42(36)59-44(40)50/h8-11,32-33,48H,1-7,12-31H2,(H,45,49). The Morgan fingerprint density at radius 2 is 1.19 bits per heavy atom. The van der Waals surface area contributed by atoms with E-state index in [-0.39, 0.29) is 30.2 Å². The Labute approximate surface area is 346 Å². The van der Waals surface area contributed by atoms with Crippen molar-refractivity contribution in [3.8, 4) is 5.75 Å². The van der Waals surface area contributed by atoms with E-state index in [1.165, 1.54) is 11.3 Å². The summed E-state index contributed by atoms with van der Waals surface area (Å²) in [7, 11) is 0. The van der Waals surface area contributed by atoms with E-state index in [0.29, 0.717) is 118 Å². The fraction of sp³-hybridized carbons (Fsp3) is 0.614. The smallest absolute Gasteiger partial charge is 0.349 e. The van der Waals surface area contributed by atoms with E-state index in [9.17, 15) is 19.5 Å². The number of nitrogens with zero attached hydrogens (tertiary/aromatic N) is 1. The zero-order valence-corrected chi connectivity index (χ0v) is 34.3. The highest BCUT2D eigenvalue weighted by Crippen LogP contribution is 2.39. The van der Waals surface area contributed by atoms with Crippen LogP contribution in [0.3, 0.4) is 0 Å². The van der Waals surface area contributed by atoms with Crippen LogP contribution in [0.15, 0.2) is 45.6 Å². The van der Waals surface area contributed by atoms with E-state index >= 15 is 0 Å². The molecule has 15 heteroatoms. The number of aromatic hydroxyl groups is 1. The molecule has 3 heterocycles. The van der Waals surface area contributed by atoms with Crippen molar-refractivity contribution < 1.29 is 57.0 Å². The van der Waals surface area contributed by atoms with Gasteiger partial charge in [-0.3, -0.25) is 9.59 Å². The van der Waals surface area contributed by atoms with Crippen molar-refractivity contribution in [3.05, 3.63) is 69.1 Å². The number of anilines is 1. The van der Waals surface area contributed by atoms with Crippen molar-refractivity contribution >= 4 is 28.3 Å². The van der Waals surface area contributed by atoms with E-state index in [4.69, 9.17) is 42.3 Å². The number of phenols is 1. The minimum atomic E-state index is -0.619. The number of nitrogens with one attached hydrogen (secondary N) is 1. The zero-order valence-electron chi connectivity index (χ0n) is 34.3. The first-order valence-electron chi connectivity index (χ1n) is 21.1. The molecule has 0 saturated heterocycles. The molecular weight excluding hydrogens is 764 g/mol. The number of carbonyl (C=O) groups excluding carboxylic acids is 2. The summed E-state index contributed by atoms with van der Waals surface area (Å²) >= 11 is 0. The second-order valence-corrected chi connectivity index (χ2v) is 14.4. The van der Waals surface area contributed by atoms with Crippen LogP contribution in [-0.2, 0) is 62.0 Å². The van der Waals surface area contributed by atoms with Crippen LogP contribution in [0.4, 0.5) is 5.69 Å². The zero-order chi connectivity index (χ0) is 41.3. The molecule has 0 bridgehead atoms. The average Bonchev–Trinajstić information content (AvgIpc) is 3.24. The number of Topliss-reactive ketones (excluding diaryl/α,β-unsaturated/α-hetero) is 1. The SMILES string of the molecule is O=C(CCCc1ccc(O)cc1)CCOCCOCCOCCOCCOCCOCCOCCOCCNC(=O)c1cc2cc3c4c(c2oc1=O)CCCN4CCC3. The minimum absolute atomic E-state index is 0.00807. The van der Waals surface area contributed by atoms with E-state index in [1.807, 2.05) is 12.1 Å². The molecule has 2 aliphatic rings. The maximum absolute atomic E-state index is 12.8. The highest BCUT2D eigenvalue weighted by atomic mass is 16.6. The Bertz CT molecular complexity index is 1750. The lowest BCUT2D eigenvalue weighted by Crippen LogP contribution is -2.35. The van der Waals surface area contributed by atoms with Crippen molar-refractivity contribution in [3.63, 3.8) is 0 Å². The molecule has 2 N–H and O–H groups in total. The van der Waals surface area contributed by atoms with Gasteiger partial charge in [-0.15, -0.1) is 0 Å². The third kappa shape index (κ3) is 16.6. The van der Waals surface area contributed by atoms with Gasteiger partial charge < -0.3 is 57.6 Å². The predicted octanol–water partition coefficient (Wildman–Crippen LogP) is 4.04. The lowest BCUT2D eigenvalue weighted by Gasteiger charge is -2.37. The molecule has 0 saturated carbocycles. The molecule has 326 valence electrons. The summed E-state index contributed by atoms with van der Waals surface area (Å²) in [5, 5.41) is 12.9. The highest BCUT2D eigenvalue weighted by molar-refractivity contribution is 5.98. The molecule has 5 rings (SSSR count). The van der Waals surface area contributed by atoms with Crippen molar-refractivity contribution in [2.45, 2.75) is 51.4 Å². The van der Waals surface area contributed by atoms with Gasteiger partial charge in [0.15, 0.2) is 0 Å². The molecule has 15 nitrogen and oxygen atoms in total. The van der Waals surface area contributed by atoms with Gasteiger partial charge in [-0.05, 0) is 73.9 Å². The molecule has 1 aromatic heterocycles. The molecule has 1 amide bonds. The van der Waals surface area contributed by atoms with Gasteiger partial charge in [0.25, 0.3) is 5.91 Å². The average molecular weight is 827 g/mol. The normalized spacial score (nSPS) is 13.5. The molecule has 2 aliphatic heterocycles. The number of hydrogen-bond donors (Lipinski definition) is 2. The van der Waals surface area contributed by atoms with Crippen molar-refractivity contribution in [1.29, 1.82) is 0 Å². The van der Waals surface area contributed by atoms with Gasteiger partial charge in [-0.2, -0.15) is 0 Å². The van der Waals surface area contributed by atoms with Gasteiger partial charge in [-0.25, -0.2) is 4.79 Å². The van der Waals surface area contributed by atoms with Gasteiger partial charge in [0.1, 0.15) is 22.7 Å². The third-order valence-corrected chi connectivity index (χ3v) is 9.98. The summed E-state index contributed by atoms with van der Waals surface area (Å²) in [6, 6.07) is 10.8. The molecule has 0 unspecified atom stereocenters. The predicted molar refractivity (Wildman–Crippen MR) is 221 cm³/mol. The Balaban J connectivity index is 0.730. The van der Waals surface area contributed by atoms with Crippen molar-refractivity contribution in [1.82, 2.24) is 5.32 Å². The topological polar surface area (TPSA) is 174 Å². The van der Waals surface area contributed by atoms with Crippen LogP contribution in [0, 0.1) is 0 Å². The summed E-state index contributed by atoms with van der Waals surface area (Å²) < 4.78 is 49.8. The van der Waals surface area contributed by atoms with E-state index in [1.54, 1.807) is 18.2 Å². The second-order valence-electron chi connectivity index (χ2n) is 14.4. The summed E-state index contributed by atoms with van der Waals surface area (Å²) in [5.74, 6) is -0.0343. The van der Waals surface area contributed by atoms with E-state index in [0.717, 1.165) is 68.1 Å². The van der Waals surface area contributed by atoms with Gasteiger partial charge >= 0.3 is 5.63 Å². The van der Waals surface area contributed by atoms with Crippen LogP contribution >= 0.6 is 0 Å². The molecule has 0 radical (unpaired) electrons. The van der Waals surface area contributed by atoms with Gasteiger partial charge in [0.05, 0.1) is 106 Å². The Morgan fingerprint density at radius 1 is 0.661 bits per heavy atom. The maximum atomic E-state index is 12.8. The molecule has 2 aromatic carbocycles. The minimum Gasteiger partial charge on any atom is -0.508 e. The van der Waals surface area contributed by atoms with Crippen molar-refractivity contribution in [2.75, 3.05) is 130 Å². The first-order chi connectivity index (χ1) is 29.0. The molecular formula is C44H62N2O13. The molecule has 59 heavy (non-hydrogen) atoms. The van der Waals surface area contributed by atoms with Crippen LogP contribution in [0.1, 0.15) is 59.2 Å². The lowest BCUT2D eigenvalue weighted by molar-refractivity contribution is -0.120. The van der Waals surface area contributed by atoms with E-state index < -0.39 is 11.5 Å². The number of benzene rings is 2. The third-order valence-electron chi connectivity index (χ3n) is 9.98. The number of fused-ring (bicyclic) bond motifs is 2. The summed E-state index contributed by atoms with van der Waals surface area (Å²) in [6.45, 7) is 9.20. The van der Waals surface area contributed by atoms with Crippen LogP contribution in [0.25, 0.3) is 11.0 Å². The van der Waals surface area contributed by atoms with Crippen LogP contribution in [0.2, 0.25) is 0 Å². The lowest BCUT2D eigenvalue weighted by atomic mass is 9.90. The molecule has 3 aromatic rings. The Hall–Kier alpha value is -3.93. The quantitative estimate of drug-likeness (QED) is 0.0682. The Morgan fingerprint density at radius 3 is 1.76 bits per heavy atom. The molecule has 0 spiro atoms. The summed E-state index contributed by atoms with van der Waals surface area (Å²) in [6.07, 6.45) is 6.52.